The number of aliphatic hydroxyl groups excluding tert-OH is 1. The third-order valence-electron chi connectivity index (χ3n) is 4.99. The Labute approximate surface area is 199 Å². The number of carbonyl (C=O) groups is 3. The molecule has 0 fully saturated rings. The monoisotopic (exact) mass is 468 g/mol. The van der Waals surface area contributed by atoms with E-state index in [2.05, 4.69) is 11.6 Å². The third-order valence-corrected chi connectivity index (χ3v) is 4.99. The lowest BCUT2D eigenvalue weighted by molar-refractivity contribution is -0.107. The van der Waals surface area contributed by atoms with Crippen LogP contribution in [0.2, 0.25) is 0 Å². The number of allylic oxidation sites excluding steroid dienone is 3. The molecule has 0 saturated carbocycles. The number of nitrogens with zero attached hydrogens (tertiary/aromatic N) is 4. The van der Waals surface area contributed by atoms with Crippen LogP contribution in [0.3, 0.4) is 0 Å². The molecule has 0 bridgehead atoms. The van der Waals surface area contributed by atoms with Crippen LogP contribution in [0.4, 0.5) is 5.82 Å². The van der Waals surface area contributed by atoms with Gasteiger partial charge in [-0.15, -0.1) is 0 Å². The van der Waals surface area contributed by atoms with Crippen molar-refractivity contribution in [2.45, 2.75) is 33.2 Å². The smallest absolute Gasteiger partial charge is 0.304 e. The first-order valence-electron chi connectivity index (χ1n) is 11.1. The summed E-state index contributed by atoms with van der Waals surface area (Å²) in [6.07, 6.45) is 5.88. The van der Waals surface area contributed by atoms with Crippen LogP contribution in [0.15, 0.2) is 48.6 Å². The van der Waals surface area contributed by atoms with Crippen LogP contribution in [0.25, 0.3) is 0 Å². The normalized spacial score (nSPS) is 11.1. The van der Waals surface area contributed by atoms with Crippen molar-refractivity contribution in [2.75, 3.05) is 31.6 Å². The molecule has 0 aliphatic heterocycles. The van der Waals surface area contributed by atoms with Crippen molar-refractivity contribution in [2.24, 2.45) is 0 Å². The summed E-state index contributed by atoms with van der Waals surface area (Å²) in [7, 11) is 1.63. The van der Waals surface area contributed by atoms with E-state index in [0.29, 0.717) is 49.9 Å². The van der Waals surface area contributed by atoms with Gasteiger partial charge in [0, 0.05) is 38.9 Å². The van der Waals surface area contributed by atoms with E-state index in [0.717, 1.165) is 5.57 Å². The molecule has 1 aromatic heterocycles. The van der Waals surface area contributed by atoms with Crippen LogP contribution in [0, 0.1) is 0 Å². The minimum absolute atomic E-state index is 0.0529. The fourth-order valence-electron chi connectivity index (χ4n) is 3.36. The van der Waals surface area contributed by atoms with Gasteiger partial charge in [-0.25, -0.2) is 0 Å². The molecule has 0 aliphatic rings. The molecule has 182 valence electrons. The van der Waals surface area contributed by atoms with E-state index in [9.17, 15) is 19.5 Å². The number of ether oxygens (including phenoxy) is 1. The molecule has 9 nitrogen and oxygen atoms in total. The Morgan fingerprint density at radius 3 is 2.68 bits per heavy atom. The highest BCUT2D eigenvalue weighted by Gasteiger charge is 2.30. The van der Waals surface area contributed by atoms with Gasteiger partial charge >= 0.3 is 6.01 Å². The summed E-state index contributed by atoms with van der Waals surface area (Å²) < 4.78 is 7.64. The van der Waals surface area contributed by atoms with Crippen LogP contribution < -0.4 is 9.64 Å². The van der Waals surface area contributed by atoms with Crippen molar-refractivity contribution >= 4 is 24.4 Å². The van der Waals surface area contributed by atoms with Gasteiger partial charge in [0.2, 0.25) is 6.41 Å². The maximum Gasteiger partial charge on any atom is 0.304 e. The zero-order valence-corrected chi connectivity index (χ0v) is 19.9. The topological polar surface area (TPSA) is 105 Å². The second-order valence-corrected chi connectivity index (χ2v) is 7.80. The van der Waals surface area contributed by atoms with Crippen LogP contribution in [0.1, 0.15) is 47.5 Å². The van der Waals surface area contributed by atoms with Crippen LogP contribution in [-0.4, -0.2) is 64.9 Å². The number of hydrogen-bond acceptors (Lipinski definition) is 6. The minimum Gasteiger partial charge on any atom is -0.425 e. The lowest BCUT2D eigenvalue weighted by Gasteiger charge is -2.21. The minimum atomic E-state index is -0.359. The van der Waals surface area contributed by atoms with Gasteiger partial charge in [0.1, 0.15) is 12.0 Å². The maximum absolute atomic E-state index is 13.5. The van der Waals surface area contributed by atoms with Gasteiger partial charge in [-0.1, -0.05) is 43.4 Å². The summed E-state index contributed by atoms with van der Waals surface area (Å²) in [4.78, 5) is 44.0. The van der Waals surface area contributed by atoms with Crippen molar-refractivity contribution in [3.63, 3.8) is 0 Å². The standard InChI is InChI=1S/C25H32N4O5/c1-5-9-19(3)16-29-22(24(33)27(4)13-8-14-30)23(28(18-32)12-6-2)26-25(29)34-21-11-7-10-20(15-21)17-31/h5,7,9-11,15,17-18,30H,1,6,8,12-14,16H2,2-4H3/b19-9+. The van der Waals surface area contributed by atoms with E-state index >= 15 is 0 Å². The Hall–Kier alpha value is -3.72. The van der Waals surface area contributed by atoms with Gasteiger partial charge in [0.15, 0.2) is 11.5 Å². The molecule has 0 radical (unpaired) electrons. The Morgan fingerprint density at radius 1 is 1.29 bits per heavy atom. The number of hydrogen-bond donors (Lipinski definition) is 1. The highest BCUT2D eigenvalue weighted by atomic mass is 16.5. The average molecular weight is 469 g/mol. The van der Waals surface area contributed by atoms with Gasteiger partial charge in [0.05, 0.1) is 0 Å². The van der Waals surface area contributed by atoms with Crippen molar-refractivity contribution in [1.82, 2.24) is 14.5 Å². The number of carbonyl (C=O) groups excluding carboxylic acids is 3. The zero-order chi connectivity index (χ0) is 25.1. The number of aliphatic hydroxyl groups is 1. The highest BCUT2D eigenvalue weighted by molar-refractivity contribution is 5.99. The fraction of sp³-hybridized carbons (Fsp3) is 0.360. The molecule has 9 heteroatoms. The Morgan fingerprint density at radius 2 is 2.06 bits per heavy atom. The average Bonchev–Trinajstić information content (AvgIpc) is 3.17. The summed E-state index contributed by atoms with van der Waals surface area (Å²) in [6, 6.07) is 6.68. The molecule has 34 heavy (non-hydrogen) atoms. The highest BCUT2D eigenvalue weighted by Crippen LogP contribution is 2.31. The van der Waals surface area contributed by atoms with Crippen LogP contribution in [0.5, 0.6) is 11.8 Å². The molecule has 0 spiro atoms. The van der Waals surface area contributed by atoms with Crippen molar-refractivity contribution < 1.29 is 24.2 Å². The summed E-state index contributed by atoms with van der Waals surface area (Å²) in [5, 5.41) is 9.19. The van der Waals surface area contributed by atoms with Crippen molar-refractivity contribution in [1.29, 1.82) is 0 Å². The van der Waals surface area contributed by atoms with Crippen molar-refractivity contribution in [3.05, 3.63) is 59.8 Å². The predicted molar refractivity (Wildman–Crippen MR) is 130 cm³/mol. The number of aromatic nitrogens is 2. The zero-order valence-electron chi connectivity index (χ0n) is 19.9. The predicted octanol–water partition coefficient (Wildman–Crippen LogP) is 3.45. The lowest BCUT2D eigenvalue weighted by atomic mass is 10.2. The first-order chi connectivity index (χ1) is 16.4. The molecule has 0 aliphatic carbocycles. The number of imidazole rings is 1. The molecular formula is C25H32N4O5. The third kappa shape index (κ3) is 6.64. The number of benzene rings is 1. The molecule has 0 saturated heterocycles. The number of aldehydes is 1. The van der Waals surface area contributed by atoms with E-state index in [4.69, 9.17) is 4.74 Å². The first-order valence-corrected chi connectivity index (χ1v) is 11.1. The first kappa shape index (κ1) is 26.5. The molecule has 1 heterocycles. The molecule has 0 unspecified atom stereocenters. The van der Waals surface area contributed by atoms with Gasteiger partial charge in [-0.05, 0) is 31.9 Å². The molecule has 1 aromatic carbocycles. The second kappa shape index (κ2) is 13.1. The van der Waals surface area contributed by atoms with Crippen LogP contribution in [-0.2, 0) is 11.3 Å². The van der Waals surface area contributed by atoms with E-state index in [1.165, 1.54) is 9.80 Å². The molecular weight excluding hydrogens is 436 g/mol. The fourth-order valence-corrected chi connectivity index (χ4v) is 3.36. The van der Waals surface area contributed by atoms with E-state index in [-0.39, 0.29) is 36.6 Å². The second-order valence-electron chi connectivity index (χ2n) is 7.80. The summed E-state index contributed by atoms with van der Waals surface area (Å²) in [6.45, 7) is 8.42. The van der Waals surface area contributed by atoms with Gasteiger partial charge in [0.25, 0.3) is 5.91 Å². The van der Waals surface area contributed by atoms with Gasteiger partial charge < -0.3 is 14.7 Å². The number of rotatable bonds is 14. The summed E-state index contributed by atoms with van der Waals surface area (Å²) >= 11 is 0. The van der Waals surface area contributed by atoms with E-state index in [1.807, 2.05) is 19.9 Å². The number of amides is 2. The largest absolute Gasteiger partial charge is 0.425 e. The summed E-state index contributed by atoms with van der Waals surface area (Å²) in [5.74, 6) is 0.195. The Bertz CT molecular complexity index is 1040. The quantitative estimate of drug-likeness (QED) is 0.336. The Kier molecular flexibility index (Phi) is 10.2. The molecule has 2 aromatic rings. The molecule has 2 rings (SSSR count). The number of anilines is 1. The molecule has 2 amide bonds. The maximum atomic E-state index is 13.5. The molecule has 0 atom stereocenters. The van der Waals surface area contributed by atoms with E-state index < -0.39 is 0 Å². The van der Waals surface area contributed by atoms with Crippen LogP contribution >= 0.6 is 0 Å². The lowest BCUT2D eigenvalue weighted by Crippen LogP contribution is -2.33. The van der Waals surface area contributed by atoms with Crippen molar-refractivity contribution in [3.8, 4) is 11.8 Å². The van der Waals surface area contributed by atoms with Gasteiger partial charge in [-0.2, -0.15) is 4.98 Å². The molecule has 1 N–H and O–H groups in total. The van der Waals surface area contributed by atoms with E-state index in [1.54, 1.807) is 42.0 Å². The Balaban J connectivity index is 2.70. The SMILES string of the molecule is C=C/C=C(\C)Cn1c(Oc2cccc(C=O)c2)nc(N(C=O)CCC)c1C(=O)N(C)CCCO. The van der Waals surface area contributed by atoms with Gasteiger partial charge in [-0.3, -0.25) is 23.9 Å². The summed E-state index contributed by atoms with van der Waals surface area (Å²) in [5.41, 5.74) is 1.50.